The Labute approximate surface area is 168 Å². The first-order chi connectivity index (χ1) is 12.9. The number of rotatable bonds is 5. The summed E-state index contributed by atoms with van der Waals surface area (Å²) >= 11 is 7.41. The summed E-state index contributed by atoms with van der Waals surface area (Å²) < 4.78 is 0. The molecule has 2 atom stereocenters. The minimum atomic E-state index is -0.609. The molecule has 1 fully saturated rings. The first kappa shape index (κ1) is 19.6. The zero-order valence-corrected chi connectivity index (χ0v) is 17.1. The summed E-state index contributed by atoms with van der Waals surface area (Å²) in [6, 6.07) is 15.5. The van der Waals surface area contributed by atoms with Crippen LogP contribution in [0.2, 0.25) is 0 Å². The fourth-order valence-electron chi connectivity index (χ4n) is 2.87. The molecule has 0 aliphatic carbocycles. The summed E-state index contributed by atoms with van der Waals surface area (Å²) in [6.07, 6.45) is 0. The molecule has 0 unspecified atom stereocenters. The molecule has 1 heterocycles. The van der Waals surface area contributed by atoms with Crippen molar-refractivity contribution < 1.29 is 9.59 Å². The van der Waals surface area contributed by atoms with Crippen LogP contribution in [-0.2, 0) is 9.59 Å². The molecule has 5 nitrogen and oxygen atoms in total. The number of benzene rings is 2. The number of alkyl halides is 1. The number of thioether (sulfide) groups is 1. The van der Waals surface area contributed by atoms with Crippen molar-refractivity contribution in [3.63, 3.8) is 0 Å². The van der Waals surface area contributed by atoms with Crippen LogP contribution in [0.15, 0.2) is 48.5 Å². The summed E-state index contributed by atoms with van der Waals surface area (Å²) in [6.45, 7) is 1.63. The first-order valence-electron chi connectivity index (χ1n) is 8.63. The fourth-order valence-corrected chi connectivity index (χ4v) is 4.09. The zero-order chi connectivity index (χ0) is 19.6. The standard InChI is InChI=1S/C20H22ClN3O2S/c1-13(21)19(26)22-15-6-4-5-14(11-15)20-24(18(25)12-27-20)17-9-7-16(8-10-17)23(2)3/h4-11,13,20H,12H2,1-3H3,(H,22,26)/t13-,20-/m0/s1. The van der Waals surface area contributed by atoms with Gasteiger partial charge >= 0.3 is 0 Å². The second-order valence-corrected chi connectivity index (χ2v) is 8.29. The van der Waals surface area contributed by atoms with Crippen molar-refractivity contribution in [3.05, 3.63) is 54.1 Å². The van der Waals surface area contributed by atoms with Crippen LogP contribution in [0.3, 0.4) is 0 Å². The van der Waals surface area contributed by atoms with Crippen LogP contribution in [-0.4, -0.2) is 37.0 Å². The molecule has 1 N–H and O–H groups in total. The van der Waals surface area contributed by atoms with Gasteiger partial charge in [0.1, 0.15) is 10.8 Å². The second kappa shape index (κ2) is 8.23. The molecule has 142 valence electrons. The lowest BCUT2D eigenvalue weighted by Crippen LogP contribution is -2.28. The molecule has 27 heavy (non-hydrogen) atoms. The van der Waals surface area contributed by atoms with E-state index in [1.165, 1.54) is 0 Å². The fraction of sp³-hybridized carbons (Fsp3) is 0.300. The highest BCUT2D eigenvalue weighted by Crippen LogP contribution is 2.42. The third-order valence-electron chi connectivity index (χ3n) is 4.31. The third kappa shape index (κ3) is 4.39. The van der Waals surface area contributed by atoms with Gasteiger partial charge in [0.15, 0.2) is 0 Å². The van der Waals surface area contributed by atoms with Crippen molar-refractivity contribution >= 4 is 52.2 Å². The Morgan fingerprint density at radius 2 is 1.96 bits per heavy atom. The lowest BCUT2D eigenvalue weighted by Gasteiger charge is -2.25. The minimum Gasteiger partial charge on any atom is -0.378 e. The number of hydrogen-bond acceptors (Lipinski definition) is 4. The van der Waals surface area contributed by atoms with Gasteiger partial charge in [0.2, 0.25) is 11.8 Å². The number of anilines is 3. The highest BCUT2D eigenvalue weighted by molar-refractivity contribution is 8.00. The molecular formula is C20H22ClN3O2S. The highest BCUT2D eigenvalue weighted by Gasteiger charge is 2.34. The Balaban J connectivity index is 1.87. The molecule has 1 aliphatic rings. The molecule has 0 radical (unpaired) electrons. The summed E-state index contributed by atoms with van der Waals surface area (Å²) in [4.78, 5) is 28.2. The van der Waals surface area contributed by atoms with Crippen molar-refractivity contribution in [2.24, 2.45) is 0 Å². The number of nitrogens with one attached hydrogen (secondary N) is 1. The molecule has 0 bridgehead atoms. The smallest absolute Gasteiger partial charge is 0.242 e. The van der Waals surface area contributed by atoms with E-state index in [-0.39, 0.29) is 17.2 Å². The van der Waals surface area contributed by atoms with Crippen molar-refractivity contribution in [1.29, 1.82) is 0 Å². The SMILES string of the molecule is C[C@H](Cl)C(=O)Nc1cccc([C@@H]2SCC(=O)N2c2ccc(N(C)C)cc2)c1. The quantitative estimate of drug-likeness (QED) is 0.764. The normalized spacial score (nSPS) is 17.7. The summed E-state index contributed by atoms with van der Waals surface area (Å²) in [7, 11) is 3.96. The van der Waals surface area contributed by atoms with E-state index >= 15 is 0 Å². The average Bonchev–Trinajstić information content (AvgIpc) is 3.03. The van der Waals surface area contributed by atoms with E-state index in [1.54, 1.807) is 18.7 Å². The molecule has 2 aromatic carbocycles. The average molecular weight is 404 g/mol. The maximum atomic E-state index is 12.5. The van der Waals surface area contributed by atoms with Crippen molar-refractivity contribution in [2.75, 3.05) is 35.0 Å². The summed E-state index contributed by atoms with van der Waals surface area (Å²) in [5.41, 5.74) is 3.58. The van der Waals surface area contributed by atoms with Gasteiger partial charge in [0.25, 0.3) is 0 Å². The molecule has 1 aliphatic heterocycles. The van der Waals surface area contributed by atoms with Crippen molar-refractivity contribution in [1.82, 2.24) is 0 Å². The van der Waals surface area contributed by atoms with Crippen LogP contribution in [0.5, 0.6) is 0 Å². The van der Waals surface area contributed by atoms with E-state index in [4.69, 9.17) is 11.6 Å². The van der Waals surface area contributed by atoms with E-state index in [1.807, 2.05) is 72.4 Å². The Morgan fingerprint density at radius 1 is 1.26 bits per heavy atom. The minimum absolute atomic E-state index is 0.0754. The van der Waals surface area contributed by atoms with E-state index in [9.17, 15) is 9.59 Å². The molecule has 1 saturated heterocycles. The van der Waals surface area contributed by atoms with Gasteiger partial charge in [-0.05, 0) is 48.9 Å². The third-order valence-corrected chi connectivity index (χ3v) is 5.72. The largest absolute Gasteiger partial charge is 0.378 e. The molecular weight excluding hydrogens is 382 g/mol. The predicted octanol–water partition coefficient (Wildman–Crippen LogP) is 4.10. The molecule has 7 heteroatoms. The number of carbonyl (C=O) groups excluding carboxylic acids is 2. The van der Waals surface area contributed by atoms with Crippen molar-refractivity contribution in [2.45, 2.75) is 17.7 Å². The molecule has 0 spiro atoms. The van der Waals surface area contributed by atoms with E-state index < -0.39 is 5.38 Å². The van der Waals surface area contributed by atoms with Crippen LogP contribution < -0.4 is 15.1 Å². The van der Waals surface area contributed by atoms with Gasteiger partial charge in [0.05, 0.1) is 5.75 Å². The van der Waals surface area contributed by atoms with Gasteiger partial charge in [0, 0.05) is 31.2 Å². The monoisotopic (exact) mass is 403 g/mol. The van der Waals surface area contributed by atoms with E-state index in [2.05, 4.69) is 5.32 Å². The van der Waals surface area contributed by atoms with Gasteiger partial charge in [-0.3, -0.25) is 14.5 Å². The number of halogens is 1. The molecule has 0 aromatic heterocycles. The van der Waals surface area contributed by atoms with Gasteiger partial charge in [-0.2, -0.15) is 0 Å². The van der Waals surface area contributed by atoms with Crippen LogP contribution in [0, 0.1) is 0 Å². The zero-order valence-electron chi connectivity index (χ0n) is 15.5. The predicted molar refractivity (Wildman–Crippen MR) is 114 cm³/mol. The first-order valence-corrected chi connectivity index (χ1v) is 10.1. The molecule has 0 saturated carbocycles. The lowest BCUT2D eigenvalue weighted by atomic mass is 10.1. The van der Waals surface area contributed by atoms with Gasteiger partial charge in [-0.25, -0.2) is 0 Å². The van der Waals surface area contributed by atoms with Crippen LogP contribution in [0.4, 0.5) is 17.1 Å². The van der Waals surface area contributed by atoms with Crippen LogP contribution in [0.1, 0.15) is 17.9 Å². The Morgan fingerprint density at radius 3 is 2.59 bits per heavy atom. The van der Waals surface area contributed by atoms with Gasteiger partial charge < -0.3 is 10.2 Å². The summed E-state index contributed by atoms with van der Waals surface area (Å²) in [5, 5.41) is 2.06. The second-order valence-electron chi connectivity index (χ2n) is 6.57. The number of hydrogen-bond donors (Lipinski definition) is 1. The van der Waals surface area contributed by atoms with E-state index in [0.29, 0.717) is 11.4 Å². The Bertz CT molecular complexity index is 839. The van der Waals surface area contributed by atoms with Gasteiger partial charge in [-0.15, -0.1) is 23.4 Å². The molecule has 3 rings (SSSR count). The number of amides is 2. The highest BCUT2D eigenvalue weighted by atomic mass is 35.5. The molecule has 2 amide bonds. The maximum Gasteiger partial charge on any atom is 0.242 e. The van der Waals surface area contributed by atoms with Gasteiger partial charge in [-0.1, -0.05) is 12.1 Å². The van der Waals surface area contributed by atoms with Crippen molar-refractivity contribution in [3.8, 4) is 0 Å². The molecule has 2 aromatic rings. The summed E-state index contributed by atoms with van der Waals surface area (Å²) in [5.74, 6) is 0.251. The van der Waals surface area contributed by atoms with Crippen LogP contribution >= 0.6 is 23.4 Å². The van der Waals surface area contributed by atoms with E-state index in [0.717, 1.165) is 16.9 Å². The topological polar surface area (TPSA) is 52.7 Å². The lowest BCUT2D eigenvalue weighted by molar-refractivity contribution is -0.116. The van der Waals surface area contributed by atoms with Crippen LogP contribution in [0.25, 0.3) is 0 Å². The Hall–Kier alpha value is -2.18. The number of nitrogens with zero attached hydrogens (tertiary/aromatic N) is 2. The maximum absolute atomic E-state index is 12.5. The number of carbonyl (C=O) groups is 2. The Kier molecular flexibility index (Phi) is 5.97.